The third-order valence-electron chi connectivity index (χ3n) is 4.03. The molecule has 2 amide bonds. The average Bonchev–Trinajstić information content (AvgIpc) is 2.77. The highest BCUT2D eigenvalue weighted by molar-refractivity contribution is 5.80. The fourth-order valence-electron chi connectivity index (χ4n) is 2.64. The molecule has 0 radical (unpaired) electrons. The van der Waals surface area contributed by atoms with Gasteiger partial charge in [-0.15, -0.1) is 0 Å². The zero-order chi connectivity index (χ0) is 14.4. The molecular weight excluding hydrogens is 244 g/mol. The summed E-state index contributed by atoms with van der Waals surface area (Å²) < 4.78 is 0. The number of hydrogen-bond acceptors (Lipinski definition) is 2. The van der Waals surface area contributed by atoms with E-state index in [1.807, 2.05) is 13.8 Å². The fourth-order valence-corrected chi connectivity index (χ4v) is 2.64. The van der Waals surface area contributed by atoms with Crippen molar-refractivity contribution in [2.75, 3.05) is 13.1 Å². The number of aliphatic carboxylic acids is 1. The van der Waals surface area contributed by atoms with Gasteiger partial charge in [0.1, 0.15) is 6.54 Å². The van der Waals surface area contributed by atoms with Crippen LogP contribution in [0.5, 0.6) is 0 Å². The smallest absolute Gasteiger partial charge is 0.323 e. The van der Waals surface area contributed by atoms with E-state index in [4.69, 9.17) is 5.11 Å². The lowest BCUT2D eigenvalue weighted by Gasteiger charge is -2.27. The van der Waals surface area contributed by atoms with Crippen molar-refractivity contribution >= 4 is 12.0 Å². The number of hydrogen-bond donors (Lipinski definition) is 2. The van der Waals surface area contributed by atoms with E-state index in [0.717, 1.165) is 25.2 Å². The van der Waals surface area contributed by atoms with Gasteiger partial charge in [-0.3, -0.25) is 4.79 Å². The maximum Gasteiger partial charge on any atom is 0.323 e. The van der Waals surface area contributed by atoms with E-state index >= 15 is 0 Å². The lowest BCUT2D eigenvalue weighted by atomic mass is 10.1. The van der Waals surface area contributed by atoms with E-state index in [0.29, 0.717) is 12.5 Å². The molecular formula is C14H26N2O3. The summed E-state index contributed by atoms with van der Waals surface area (Å²) in [5.74, 6) is 0.319. The molecule has 19 heavy (non-hydrogen) atoms. The van der Waals surface area contributed by atoms with Crippen molar-refractivity contribution in [3.05, 3.63) is 0 Å². The van der Waals surface area contributed by atoms with Crippen LogP contribution in [0.2, 0.25) is 0 Å². The van der Waals surface area contributed by atoms with Crippen LogP contribution in [0.25, 0.3) is 0 Å². The summed E-state index contributed by atoms with van der Waals surface area (Å²) in [7, 11) is 0. The predicted octanol–water partition coefficient (Wildman–Crippen LogP) is 2.32. The minimum absolute atomic E-state index is 0.0569. The van der Waals surface area contributed by atoms with Crippen LogP contribution in [-0.4, -0.2) is 41.1 Å². The molecule has 1 rings (SSSR count). The lowest BCUT2D eigenvalue weighted by molar-refractivity contribution is -0.138. The zero-order valence-electron chi connectivity index (χ0n) is 12.2. The molecule has 0 aromatic heterocycles. The lowest BCUT2D eigenvalue weighted by Crippen LogP contribution is -2.48. The number of carbonyl (C=O) groups is 2. The van der Waals surface area contributed by atoms with Crippen LogP contribution >= 0.6 is 0 Å². The molecule has 0 aromatic carbocycles. The topological polar surface area (TPSA) is 69.6 Å². The summed E-state index contributed by atoms with van der Waals surface area (Å²) in [6, 6.07) is -0.310. The third-order valence-corrected chi connectivity index (χ3v) is 4.03. The fraction of sp³-hybridized carbons (Fsp3) is 0.857. The van der Waals surface area contributed by atoms with Gasteiger partial charge in [0.25, 0.3) is 0 Å². The van der Waals surface area contributed by atoms with Crippen LogP contribution in [0, 0.1) is 11.8 Å². The van der Waals surface area contributed by atoms with E-state index in [1.165, 1.54) is 11.3 Å². The number of rotatable bonds is 6. The zero-order valence-corrected chi connectivity index (χ0v) is 12.2. The molecule has 1 aliphatic carbocycles. The van der Waals surface area contributed by atoms with Gasteiger partial charge in [0.15, 0.2) is 0 Å². The minimum Gasteiger partial charge on any atom is -0.480 e. The highest BCUT2D eigenvalue weighted by Crippen LogP contribution is 2.29. The number of carboxylic acids is 1. The summed E-state index contributed by atoms with van der Waals surface area (Å²) >= 11 is 0. The molecule has 1 saturated carbocycles. The van der Waals surface area contributed by atoms with Crippen molar-refractivity contribution in [2.45, 2.75) is 52.5 Å². The standard InChI is InChI=1S/C14H26N2O3/c1-4-11(3)16(9-13(17)18)14(19)15-8-12-6-5-10(2)7-12/h10-12H,4-9H2,1-3H3,(H,15,19)(H,17,18). The Bertz CT molecular complexity index is 320. The Labute approximate surface area is 115 Å². The van der Waals surface area contributed by atoms with E-state index < -0.39 is 5.97 Å². The second kappa shape index (κ2) is 7.36. The first-order chi connectivity index (χ1) is 8.93. The Balaban J connectivity index is 2.45. The maximum absolute atomic E-state index is 12.1. The Morgan fingerprint density at radius 1 is 1.42 bits per heavy atom. The first kappa shape index (κ1) is 15.8. The van der Waals surface area contributed by atoms with Crippen LogP contribution in [0.15, 0.2) is 0 Å². The Morgan fingerprint density at radius 3 is 2.58 bits per heavy atom. The molecule has 5 nitrogen and oxygen atoms in total. The molecule has 0 spiro atoms. The third kappa shape index (κ3) is 5.09. The maximum atomic E-state index is 12.1. The Morgan fingerprint density at radius 2 is 2.11 bits per heavy atom. The summed E-state index contributed by atoms with van der Waals surface area (Å²) in [5.41, 5.74) is 0. The summed E-state index contributed by atoms with van der Waals surface area (Å²) in [6.45, 7) is 6.49. The molecule has 0 heterocycles. The molecule has 0 saturated heterocycles. The van der Waals surface area contributed by atoms with Crippen molar-refractivity contribution in [3.8, 4) is 0 Å². The van der Waals surface area contributed by atoms with Gasteiger partial charge < -0.3 is 15.3 Å². The molecule has 110 valence electrons. The largest absolute Gasteiger partial charge is 0.480 e. The van der Waals surface area contributed by atoms with Gasteiger partial charge in [-0.1, -0.05) is 20.3 Å². The van der Waals surface area contributed by atoms with Gasteiger partial charge in [0.2, 0.25) is 0 Å². The first-order valence-electron chi connectivity index (χ1n) is 7.20. The molecule has 3 unspecified atom stereocenters. The van der Waals surface area contributed by atoms with Gasteiger partial charge in [0, 0.05) is 12.6 Å². The highest BCUT2D eigenvalue weighted by Gasteiger charge is 2.25. The quantitative estimate of drug-likeness (QED) is 0.778. The van der Waals surface area contributed by atoms with Crippen molar-refractivity contribution in [3.63, 3.8) is 0 Å². The number of nitrogens with one attached hydrogen (secondary N) is 1. The Hall–Kier alpha value is -1.26. The number of carboxylic acid groups (broad SMARTS) is 1. The van der Waals surface area contributed by atoms with Crippen LogP contribution in [0.4, 0.5) is 4.79 Å². The van der Waals surface area contributed by atoms with E-state index in [2.05, 4.69) is 12.2 Å². The van der Waals surface area contributed by atoms with E-state index in [1.54, 1.807) is 0 Å². The van der Waals surface area contributed by atoms with Crippen LogP contribution in [0.3, 0.4) is 0 Å². The highest BCUT2D eigenvalue weighted by atomic mass is 16.4. The van der Waals surface area contributed by atoms with Crippen molar-refractivity contribution in [1.29, 1.82) is 0 Å². The van der Waals surface area contributed by atoms with Crippen molar-refractivity contribution in [1.82, 2.24) is 10.2 Å². The van der Waals surface area contributed by atoms with E-state index in [9.17, 15) is 9.59 Å². The van der Waals surface area contributed by atoms with Gasteiger partial charge in [0.05, 0.1) is 0 Å². The van der Waals surface area contributed by atoms with Gasteiger partial charge in [-0.25, -0.2) is 4.79 Å². The van der Waals surface area contributed by atoms with Crippen LogP contribution < -0.4 is 5.32 Å². The summed E-state index contributed by atoms with van der Waals surface area (Å²) in [4.78, 5) is 24.3. The SMILES string of the molecule is CCC(C)N(CC(=O)O)C(=O)NCC1CCC(C)C1. The second-order valence-electron chi connectivity index (χ2n) is 5.75. The molecule has 1 fully saturated rings. The number of amides is 2. The average molecular weight is 270 g/mol. The van der Waals surface area contributed by atoms with Crippen LogP contribution in [0.1, 0.15) is 46.5 Å². The van der Waals surface area contributed by atoms with Crippen molar-refractivity contribution in [2.24, 2.45) is 11.8 Å². The summed E-state index contributed by atoms with van der Waals surface area (Å²) in [5, 5.41) is 11.8. The number of carbonyl (C=O) groups excluding carboxylic acids is 1. The number of urea groups is 1. The Kier molecular flexibility index (Phi) is 6.12. The molecule has 0 bridgehead atoms. The predicted molar refractivity (Wildman–Crippen MR) is 74.0 cm³/mol. The van der Waals surface area contributed by atoms with Crippen LogP contribution in [-0.2, 0) is 4.79 Å². The molecule has 0 aliphatic heterocycles. The van der Waals surface area contributed by atoms with Gasteiger partial charge >= 0.3 is 12.0 Å². The minimum atomic E-state index is -0.968. The summed E-state index contributed by atoms with van der Waals surface area (Å²) in [6.07, 6.45) is 4.29. The molecule has 1 aliphatic rings. The van der Waals surface area contributed by atoms with Crippen molar-refractivity contribution < 1.29 is 14.7 Å². The molecule has 2 N–H and O–H groups in total. The second-order valence-corrected chi connectivity index (χ2v) is 5.75. The molecule has 3 atom stereocenters. The first-order valence-corrected chi connectivity index (χ1v) is 7.20. The molecule has 0 aromatic rings. The van der Waals surface area contributed by atoms with Gasteiger partial charge in [-0.2, -0.15) is 0 Å². The monoisotopic (exact) mass is 270 g/mol. The van der Waals surface area contributed by atoms with E-state index in [-0.39, 0.29) is 18.6 Å². The normalized spacial score (nSPS) is 23.9. The number of nitrogens with zero attached hydrogens (tertiary/aromatic N) is 1. The molecule has 5 heteroatoms. The van der Waals surface area contributed by atoms with Gasteiger partial charge in [-0.05, 0) is 38.0 Å².